The number of carbonyl (C=O) groups is 2. The van der Waals surface area contributed by atoms with Gasteiger partial charge in [-0.2, -0.15) is 0 Å². The Morgan fingerprint density at radius 2 is 1.79 bits per heavy atom. The number of rotatable bonds is 5. The molecule has 4 nitrogen and oxygen atoms in total. The second-order valence-corrected chi connectivity index (χ2v) is 2.54. The van der Waals surface area contributed by atoms with Gasteiger partial charge in [-0.25, -0.2) is 9.59 Å². The van der Waals surface area contributed by atoms with Crippen LogP contribution in [-0.4, -0.2) is 22.2 Å². The second-order valence-electron chi connectivity index (χ2n) is 2.54. The van der Waals surface area contributed by atoms with Crippen LogP contribution in [0, 0.1) is 0 Å². The van der Waals surface area contributed by atoms with E-state index in [0.717, 1.165) is 6.08 Å². The molecule has 0 fully saturated rings. The summed E-state index contributed by atoms with van der Waals surface area (Å²) in [5, 5.41) is 17.1. The Morgan fingerprint density at radius 3 is 2.14 bits per heavy atom. The number of aliphatic carboxylic acids is 2. The molecule has 2 N–H and O–H groups in total. The van der Waals surface area contributed by atoms with Crippen LogP contribution in [0.3, 0.4) is 0 Å². The van der Waals surface area contributed by atoms with Crippen molar-refractivity contribution in [2.24, 2.45) is 0 Å². The SMILES string of the molecule is C=C(C=CC(=CCC)C(=O)O)C(=O)O. The minimum absolute atomic E-state index is 0.0647. The van der Waals surface area contributed by atoms with Crippen molar-refractivity contribution in [3.05, 3.63) is 36.0 Å². The minimum Gasteiger partial charge on any atom is -0.478 e. The van der Waals surface area contributed by atoms with Crippen LogP contribution in [0.15, 0.2) is 36.0 Å². The average molecular weight is 196 g/mol. The van der Waals surface area contributed by atoms with Crippen LogP contribution < -0.4 is 0 Å². The van der Waals surface area contributed by atoms with E-state index in [1.807, 2.05) is 0 Å². The molecule has 0 aliphatic carbocycles. The van der Waals surface area contributed by atoms with Crippen LogP contribution in [0.4, 0.5) is 0 Å². The molecule has 0 heterocycles. The molecule has 0 aromatic carbocycles. The summed E-state index contributed by atoms with van der Waals surface area (Å²) < 4.78 is 0. The molecule has 4 heteroatoms. The summed E-state index contributed by atoms with van der Waals surface area (Å²) in [5.74, 6) is -2.25. The Morgan fingerprint density at radius 1 is 1.21 bits per heavy atom. The van der Waals surface area contributed by atoms with E-state index in [-0.39, 0.29) is 11.1 Å². The first-order valence-electron chi connectivity index (χ1n) is 4.02. The summed E-state index contributed by atoms with van der Waals surface area (Å²) in [4.78, 5) is 20.9. The van der Waals surface area contributed by atoms with Gasteiger partial charge in [-0.1, -0.05) is 19.6 Å². The molecule has 0 rings (SSSR count). The summed E-state index contributed by atoms with van der Waals surface area (Å²) in [6, 6.07) is 0. The average Bonchev–Trinajstić information content (AvgIpc) is 2.10. The lowest BCUT2D eigenvalue weighted by atomic mass is 10.1. The van der Waals surface area contributed by atoms with Gasteiger partial charge in [-0.3, -0.25) is 0 Å². The van der Waals surface area contributed by atoms with Crippen LogP contribution in [0.25, 0.3) is 0 Å². The molecular formula is C10H12O4. The van der Waals surface area contributed by atoms with E-state index < -0.39 is 11.9 Å². The van der Waals surface area contributed by atoms with Gasteiger partial charge in [-0.05, 0) is 18.6 Å². The fourth-order valence-corrected chi connectivity index (χ4v) is 0.708. The van der Waals surface area contributed by atoms with Crippen LogP contribution in [0.5, 0.6) is 0 Å². The van der Waals surface area contributed by atoms with Crippen LogP contribution in [-0.2, 0) is 9.59 Å². The van der Waals surface area contributed by atoms with Crippen LogP contribution in [0.2, 0.25) is 0 Å². The Bertz CT molecular complexity index is 310. The quantitative estimate of drug-likeness (QED) is 0.517. The summed E-state index contributed by atoms with van der Waals surface area (Å²) >= 11 is 0. The molecule has 76 valence electrons. The molecule has 0 aliphatic heterocycles. The van der Waals surface area contributed by atoms with Gasteiger partial charge in [0.1, 0.15) is 0 Å². The maximum atomic E-state index is 10.6. The Hall–Kier alpha value is -1.84. The zero-order valence-corrected chi connectivity index (χ0v) is 7.86. The van der Waals surface area contributed by atoms with Gasteiger partial charge in [0.15, 0.2) is 0 Å². The normalized spacial score (nSPS) is 11.6. The van der Waals surface area contributed by atoms with E-state index in [1.54, 1.807) is 6.92 Å². The maximum Gasteiger partial charge on any atom is 0.335 e. The maximum absolute atomic E-state index is 10.6. The van der Waals surface area contributed by atoms with Gasteiger partial charge in [0, 0.05) is 0 Å². The first-order valence-corrected chi connectivity index (χ1v) is 4.02. The van der Waals surface area contributed by atoms with Crippen molar-refractivity contribution in [1.82, 2.24) is 0 Å². The highest BCUT2D eigenvalue weighted by Gasteiger charge is 2.03. The molecule has 14 heavy (non-hydrogen) atoms. The van der Waals surface area contributed by atoms with Gasteiger partial charge < -0.3 is 10.2 Å². The third-order valence-corrected chi connectivity index (χ3v) is 1.41. The number of carboxylic acids is 2. The molecular weight excluding hydrogens is 184 g/mol. The third kappa shape index (κ3) is 4.25. The van der Waals surface area contributed by atoms with E-state index in [9.17, 15) is 9.59 Å². The van der Waals surface area contributed by atoms with E-state index in [1.165, 1.54) is 12.2 Å². The third-order valence-electron chi connectivity index (χ3n) is 1.41. The topological polar surface area (TPSA) is 74.6 Å². The summed E-state index contributed by atoms with van der Waals surface area (Å²) in [5.41, 5.74) is -0.0804. The molecule has 0 amide bonds. The van der Waals surface area contributed by atoms with Crippen LogP contribution in [0.1, 0.15) is 13.3 Å². The van der Waals surface area contributed by atoms with Crippen molar-refractivity contribution in [2.45, 2.75) is 13.3 Å². The number of hydrogen-bond donors (Lipinski definition) is 2. The van der Waals surface area contributed by atoms with Gasteiger partial charge >= 0.3 is 11.9 Å². The number of hydrogen-bond acceptors (Lipinski definition) is 2. The molecule has 0 saturated heterocycles. The zero-order valence-electron chi connectivity index (χ0n) is 7.86. The molecule has 0 spiro atoms. The predicted molar refractivity (Wildman–Crippen MR) is 51.9 cm³/mol. The van der Waals surface area contributed by atoms with Crippen molar-refractivity contribution in [2.75, 3.05) is 0 Å². The van der Waals surface area contributed by atoms with Gasteiger partial charge in [0.2, 0.25) is 0 Å². The molecule has 0 aromatic heterocycles. The Labute approximate surface area is 81.9 Å². The van der Waals surface area contributed by atoms with Crippen molar-refractivity contribution in [3.8, 4) is 0 Å². The first kappa shape index (κ1) is 12.2. The molecule has 0 saturated carbocycles. The van der Waals surface area contributed by atoms with E-state index in [2.05, 4.69) is 6.58 Å². The summed E-state index contributed by atoms with van der Waals surface area (Å²) in [7, 11) is 0. The molecule has 0 aromatic rings. The highest BCUT2D eigenvalue weighted by atomic mass is 16.4. The molecule has 0 aliphatic rings. The highest BCUT2D eigenvalue weighted by molar-refractivity contribution is 5.92. The van der Waals surface area contributed by atoms with E-state index >= 15 is 0 Å². The second kappa shape index (κ2) is 5.75. The van der Waals surface area contributed by atoms with E-state index in [4.69, 9.17) is 10.2 Å². The molecule has 0 unspecified atom stereocenters. The molecule has 0 bridgehead atoms. The van der Waals surface area contributed by atoms with Crippen molar-refractivity contribution in [3.63, 3.8) is 0 Å². The summed E-state index contributed by atoms with van der Waals surface area (Å²) in [6.45, 7) is 5.03. The number of allylic oxidation sites excluding steroid dienone is 1. The monoisotopic (exact) mass is 196 g/mol. The van der Waals surface area contributed by atoms with Crippen molar-refractivity contribution in [1.29, 1.82) is 0 Å². The van der Waals surface area contributed by atoms with Gasteiger partial charge in [-0.15, -0.1) is 0 Å². The van der Waals surface area contributed by atoms with Crippen molar-refractivity contribution < 1.29 is 19.8 Å². The fraction of sp³-hybridized carbons (Fsp3) is 0.200. The van der Waals surface area contributed by atoms with Gasteiger partial charge in [0.25, 0.3) is 0 Å². The minimum atomic E-state index is -1.16. The lowest BCUT2D eigenvalue weighted by molar-refractivity contribution is -0.133. The molecule has 0 radical (unpaired) electrons. The van der Waals surface area contributed by atoms with Crippen molar-refractivity contribution >= 4 is 11.9 Å². The lowest BCUT2D eigenvalue weighted by Crippen LogP contribution is -1.99. The Balaban J connectivity index is 4.62. The predicted octanol–water partition coefficient (Wildman–Crippen LogP) is 1.60. The molecule has 0 atom stereocenters. The fourth-order valence-electron chi connectivity index (χ4n) is 0.708. The van der Waals surface area contributed by atoms with Gasteiger partial charge in [0.05, 0.1) is 11.1 Å². The van der Waals surface area contributed by atoms with E-state index in [0.29, 0.717) is 6.42 Å². The van der Waals surface area contributed by atoms with Crippen LogP contribution >= 0.6 is 0 Å². The summed E-state index contributed by atoms with van der Waals surface area (Å²) in [6.07, 6.45) is 4.46. The Kier molecular flexibility index (Phi) is 4.99. The zero-order chi connectivity index (χ0) is 11.1. The highest BCUT2D eigenvalue weighted by Crippen LogP contribution is 2.02. The first-order chi connectivity index (χ1) is 6.49. The standard InChI is InChI=1S/C10H12O4/c1-3-4-8(10(13)14)6-5-7(2)9(11)12/h4-6H,2-3H2,1H3,(H,11,12)(H,13,14). The lowest BCUT2D eigenvalue weighted by Gasteiger charge is -1.94. The largest absolute Gasteiger partial charge is 0.478 e. The number of carboxylic acid groups (broad SMARTS) is 2. The smallest absolute Gasteiger partial charge is 0.335 e.